The Morgan fingerprint density at radius 3 is 2.63 bits per heavy atom. The SMILES string of the molecule is CC(=O)c1ccc(-c2cncc3[nH]c(-c4n[nH]c5cnc(-c6cncc(NC(=O)C(C)C)c6)cc45)nc23)s1. The van der Waals surface area contributed by atoms with Crippen molar-refractivity contribution in [3.63, 3.8) is 0 Å². The predicted octanol–water partition coefficient (Wildman–Crippen LogP) is 5.48. The Hall–Kier alpha value is -4.77. The molecule has 6 aromatic rings. The fraction of sp³-hybridized carbons (Fsp3) is 0.148. The highest BCUT2D eigenvalue weighted by Crippen LogP contribution is 2.35. The van der Waals surface area contributed by atoms with Crippen LogP contribution in [-0.4, -0.2) is 46.8 Å². The number of Topliss-reactive ketones (excluding diaryl/α,β-unsaturated/α-hetero) is 1. The van der Waals surface area contributed by atoms with Gasteiger partial charge in [0.05, 0.1) is 45.9 Å². The van der Waals surface area contributed by atoms with Crippen LogP contribution in [0.3, 0.4) is 0 Å². The van der Waals surface area contributed by atoms with Crippen molar-refractivity contribution in [2.24, 2.45) is 5.92 Å². The van der Waals surface area contributed by atoms with Crippen LogP contribution in [-0.2, 0) is 4.79 Å². The van der Waals surface area contributed by atoms with E-state index in [0.717, 1.165) is 37.9 Å². The van der Waals surface area contributed by atoms with Crippen LogP contribution < -0.4 is 5.32 Å². The van der Waals surface area contributed by atoms with Crippen molar-refractivity contribution < 1.29 is 9.59 Å². The van der Waals surface area contributed by atoms with E-state index in [1.54, 1.807) is 37.9 Å². The molecule has 0 bridgehead atoms. The maximum atomic E-state index is 12.1. The van der Waals surface area contributed by atoms with Gasteiger partial charge in [0.1, 0.15) is 11.2 Å². The van der Waals surface area contributed by atoms with Crippen LogP contribution in [0.2, 0.25) is 0 Å². The molecule has 0 fully saturated rings. The molecule has 38 heavy (non-hydrogen) atoms. The van der Waals surface area contributed by atoms with Crippen LogP contribution in [0, 0.1) is 5.92 Å². The summed E-state index contributed by atoms with van der Waals surface area (Å²) in [6.07, 6.45) is 8.50. The fourth-order valence-corrected chi connectivity index (χ4v) is 5.00. The van der Waals surface area contributed by atoms with E-state index in [0.29, 0.717) is 27.8 Å². The summed E-state index contributed by atoms with van der Waals surface area (Å²) in [5.41, 5.74) is 5.79. The number of aromatic amines is 2. The average Bonchev–Trinajstić information content (AvgIpc) is 3.66. The molecule has 0 aromatic carbocycles. The van der Waals surface area contributed by atoms with E-state index in [1.165, 1.54) is 11.3 Å². The van der Waals surface area contributed by atoms with Crippen molar-refractivity contribution in [2.45, 2.75) is 20.8 Å². The fourth-order valence-electron chi connectivity index (χ4n) is 4.09. The summed E-state index contributed by atoms with van der Waals surface area (Å²) in [5.74, 6) is 0.386. The highest BCUT2D eigenvalue weighted by Gasteiger charge is 2.18. The molecule has 1 amide bonds. The van der Waals surface area contributed by atoms with Crippen molar-refractivity contribution in [1.29, 1.82) is 0 Å². The van der Waals surface area contributed by atoms with Crippen molar-refractivity contribution in [3.05, 3.63) is 60.1 Å². The molecule has 0 saturated carbocycles. The number of fused-ring (bicyclic) bond motifs is 2. The lowest BCUT2D eigenvalue weighted by Crippen LogP contribution is -2.17. The summed E-state index contributed by atoms with van der Waals surface area (Å²) in [6, 6.07) is 7.50. The van der Waals surface area contributed by atoms with Crippen molar-refractivity contribution in [2.75, 3.05) is 5.32 Å². The third-order valence-corrected chi connectivity index (χ3v) is 7.33. The van der Waals surface area contributed by atoms with Crippen LogP contribution >= 0.6 is 11.3 Å². The third-order valence-electron chi connectivity index (χ3n) is 6.11. The van der Waals surface area contributed by atoms with Crippen molar-refractivity contribution in [3.8, 4) is 33.2 Å². The second-order valence-corrected chi connectivity index (χ2v) is 10.3. The molecule has 11 heteroatoms. The van der Waals surface area contributed by atoms with Crippen molar-refractivity contribution >= 4 is 50.7 Å². The molecular formula is C27H22N8O2S. The molecule has 0 spiro atoms. The summed E-state index contributed by atoms with van der Waals surface area (Å²) < 4.78 is 0. The first-order valence-corrected chi connectivity index (χ1v) is 12.7. The number of rotatable bonds is 6. The molecular weight excluding hydrogens is 500 g/mol. The zero-order valence-corrected chi connectivity index (χ0v) is 21.6. The van der Waals surface area contributed by atoms with Crippen LogP contribution in [0.25, 0.3) is 55.2 Å². The summed E-state index contributed by atoms with van der Waals surface area (Å²) in [7, 11) is 0. The second kappa shape index (κ2) is 9.27. The van der Waals surface area contributed by atoms with Crippen LogP contribution in [0.1, 0.15) is 30.4 Å². The average molecular weight is 523 g/mol. The van der Waals surface area contributed by atoms with Crippen LogP contribution in [0.5, 0.6) is 0 Å². The summed E-state index contributed by atoms with van der Waals surface area (Å²) in [5, 5.41) is 11.2. The zero-order valence-electron chi connectivity index (χ0n) is 20.7. The lowest BCUT2D eigenvalue weighted by molar-refractivity contribution is -0.118. The number of hydrogen-bond donors (Lipinski definition) is 3. The highest BCUT2D eigenvalue weighted by atomic mass is 32.1. The van der Waals surface area contributed by atoms with Gasteiger partial charge in [-0.15, -0.1) is 11.3 Å². The minimum Gasteiger partial charge on any atom is -0.335 e. The molecule has 0 aliphatic heterocycles. The van der Waals surface area contributed by atoms with Gasteiger partial charge < -0.3 is 10.3 Å². The standard InChI is InChI=1S/C27H22N8O2S/c1-13(2)27(37)31-16-6-15(8-28-9-16)19-7-17-20(12-30-19)34-35-25(17)26-32-21-11-29-10-18(24(21)33-26)23-5-4-22(38-23)14(3)36/h4-13H,1-3H3,(H,31,37)(H,32,33)(H,34,35). The molecule has 6 aromatic heterocycles. The predicted molar refractivity (Wildman–Crippen MR) is 147 cm³/mol. The van der Waals surface area contributed by atoms with E-state index < -0.39 is 0 Å². The van der Waals surface area contributed by atoms with Gasteiger partial charge in [0.25, 0.3) is 0 Å². The van der Waals surface area contributed by atoms with Gasteiger partial charge in [-0.05, 0) is 31.2 Å². The number of anilines is 1. The molecule has 0 radical (unpaired) electrons. The quantitative estimate of drug-likeness (QED) is 0.246. The van der Waals surface area contributed by atoms with Gasteiger partial charge in [-0.3, -0.25) is 29.6 Å². The molecule has 0 unspecified atom stereocenters. The molecule has 6 heterocycles. The molecule has 0 atom stereocenters. The number of ketones is 1. The monoisotopic (exact) mass is 522 g/mol. The number of nitrogens with one attached hydrogen (secondary N) is 3. The van der Waals surface area contributed by atoms with E-state index >= 15 is 0 Å². The Morgan fingerprint density at radius 1 is 1.00 bits per heavy atom. The molecule has 188 valence electrons. The van der Waals surface area contributed by atoms with Gasteiger partial charge in [0.2, 0.25) is 5.91 Å². The van der Waals surface area contributed by atoms with E-state index in [4.69, 9.17) is 4.98 Å². The summed E-state index contributed by atoms with van der Waals surface area (Å²) in [6.45, 7) is 5.23. The number of H-pyrrole nitrogens is 2. The van der Waals surface area contributed by atoms with Gasteiger partial charge in [0, 0.05) is 39.7 Å². The Balaban J connectivity index is 1.40. The molecule has 0 aliphatic carbocycles. The van der Waals surface area contributed by atoms with E-state index in [9.17, 15) is 9.59 Å². The largest absolute Gasteiger partial charge is 0.335 e. The minimum atomic E-state index is -0.142. The minimum absolute atomic E-state index is 0.0274. The normalized spacial score (nSPS) is 11.5. The first-order chi connectivity index (χ1) is 18.4. The maximum Gasteiger partial charge on any atom is 0.226 e. The number of aromatic nitrogens is 7. The first-order valence-electron chi connectivity index (χ1n) is 11.9. The lowest BCUT2D eigenvalue weighted by atomic mass is 10.1. The van der Waals surface area contributed by atoms with Crippen LogP contribution in [0.4, 0.5) is 5.69 Å². The second-order valence-electron chi connectivity index (χ2n) is 9.18. The maximum absolute atomic E-state index is 12.1. The molecule has 3 N–H and O–H groups in total. The number of carbonyl (C=O) groups excluding carboxylic acids is 2. The number of pyridine rings is 3. The number of carbonyl (C=O) groups is 2. The number of hydrogen-bond acceptors (Lipinski definition) is 8. The molecule has 0 saturated heterocycles. The first kappa shape index (κ1) is 23.6. The Labute approximate surface area is 220 Å². The molecule has 0 aliphatic rings. The number of imidazole rings is 1. The number of amides is 1. The Kier molecular flexibility index (Phi) is 5.76. The van der Waals surface area contributed by atoms with Crippen LogP contribution in [0.15, 0.2) is 55.2 Å². The van der Waals surface area contributed by atoms with E-state index in [-0.39, 0.29) is 17.6 Å². The third kappa shape index (κ3) is 4.22. The lowest BCUT2D eigenvalue weighted by Gasteiger charge is -2.08. The zero-order chi connectivity index (χ0) is 26.4. The Morgan fingerprint density at radius 2 is 1.84 bits per heavy atom. The van der Waals surface area contributed by atoms with Crippen molar-refractivity contribution in [1.82, 2.24) is 35.1 Å². The van der Waals surface area contributed by atoms with E-state index in [1.807, 2.05) is 38.1 Å². The molecule has 10 nitrogen and oxygen atoms in total. The van der Waals surface area contributed by atoms with Gasteiger partial charge in [-0.25, -0.2) is 4.98 Å². The number of nitrogens with zero attached hydrogens (tertiary/aromatic N) is 5. The summed E-state index contributed by atoms with van der Waals surface area (Å²) >= 11 is 1.42. The smallest absolute Gasteiger partial charge is 0.226 e. The van der Waals surface area contributed by atoms with Gasteiger partial charge in [0.15, 0.2) is 11.6 Å². The Bertz CT molecular complexity index is 1850. The highest BCUT2D eigenvalue weighted by molar-refractivity contribution is 7.17. The molecule has 6 rings (SSSR count). The van der Waals surface area contributed by atoms with Gasteiger partial charge >= 0.3 is 0 Å². The van der Waals surface area contributed by atoms with E-state index in [2.05, 4.69) is 35.5 Å². The summed E-state index contributed by atoms with van der Waals surface area (Å²) in [4.78, 5) is 46.9. The topological polar surface area (TPSA) is 142 Å². The van der Waals surface area contributed by atoms with Gasteiger partial charge in [-0.1, -0.05) is 13.8 Å². The van der Waals surface area contributed by atoms with Gasteiger partial charge in [-0.2, -0.15) is 5.10 Å². The number of thiophene rings is 1.